The molecule has 0 saturated carbocycles. The number of rotatable bonds is 6. The minimum atomic E-state index is -1.13. The number of anilines is 1. The molecular weight excluding hydrogens is 352 g/mol. The zero-order valence-corrected chi connectivity index (χ0v) is 16.4. The zero-order valence-electron chi connectivity index (χ0n) is 16.4. The van der Waals surface area contributed by atoms with Gasteiger partial charge in [-0.3, -0.25) is 10.3 Å². The Morgan fingerprint density at radius 3 is 2.48 bits per heavy atom. The lowest BCUT2D eigenvalue weighted by atomic mass is 10.1. The monoisotopic (exact) mass is 380 g/mol. The van der Waals surface area contributed by atoms with Gasteiger partial charge in [0, 0.05) is 24.3 Å². The Bertz CT molecular complexity index is 683. The van der Waals surface area contributed by atoms with Crippen LogP contribution in [0.4, 0.5) is 15.3 Å². The fourth-order valence-electron chi connectivity index (χ4n) is 2.07. The van der Waals surface area contributed by atoms with Gasteiger partial charge in [-0.15, -0.1) is 0 Å². The number of nitrogens with zero attached hydrogens (tertiary/aromatic N) is 1. The highest BCUT2D eigenvalue weighted by Crippen LogP contribution is 2.23. The number of nitrogens with one attached hydrogen (secondary N) is 3. The van der Waals surface area contributed by atoms with Gasteiger partial charge >= 0.3 is 12.2 Å². The normalized spacial score (nSPS) is 11.5. The summed E-state index contributed by atoms with van der Waals surface area (Å²) >= 11 is 0. The lowest BCUT2D eigenvalue weighted by Gasteiger charge is -2.20. The Hall–Kier alpha value is -2.97. The molecule has 0 fully saturated rings. The van der Waals surface area contributed by atoms with E-state index < -0.39 is 17.8 Å². The molecule has 0 unspecified atom stereocenters. The van der Waals surface area contributed by atoms with Crippen molar-refractivity contribution in [1.29, 1.82) is 0 Å². The summed E-state index contributed by atoms with van der Waals surface area (Å²) in [4.78, 5) is 26.9. The van der Waals surface area contributed by atoms with Gasteiger partial charge in [-0.05, 0) is 52.8 Å². The van der Waals surface area contributed by atoms with E-state index in [4.69, 9.17) is 14.6 Å². The lowest BCUT2D eigenvalue weighted by Crippen LogP contribution is -2.40. The first-order valence-corrected chi connectivity index (χ1v) is 8.68. The summed E-state index contributed by atoms with van der Waals surface area (Å²) in [5, 5.41) is 16.7. The van der Waals surface area contributed by atoms with Crippen LogP contribution in [0.5, 0.6) is 5.75 Å². The van der Waals surface area contributed by atoms with Gasteiger partial charge < -0.3 is 25.2 Å². The number of hydrogen-bond donors (Lipinski definition) is 4. The highest BCUT2D eigenvalue weighted by Gasteiger charge is 2.17. The zero-order chi connectivity index (χ0) is 20.4. The minimum Gasteiger partial charge on any atom is -0.494 e. The molecule has 0 atom stereocenters. The highest BCUT2D eigenvalue weighted by molar-refractivity contribution is 6.02. The second-order valence-electron chi connectivity index (χ2n) is 6.49. The van der Waals surface area contributed by atoms with Crippen LogP contribution in [-0.2, 0) is 11.3 Å². The molecule has 1 rings (SSSR count). The summed E-state index contributed by atoms with van der Waals surface area (Å²) in [5.74, 6) is 0.805. The van der Waals surface area contributed by atoms with E-state index in [-0.39, 0.29) is 12.5 Å². The summed E-state index contributed by atoms with van der Waals surface area (Å²) in [6.07, 6.45) is -1.75. The largest absolute Gasteiger partial charge is 0.494 e. The molecule has 0 spiro atoms. The predicted molar refractivity (Wildman–Crippen MR) is 103 cm³/mol. The van der Waals surface area contributed by atoms with E-state index in [1.54, 1.807) is 39.0 Å². The first-order chi connectivity index (χ1) is 12.6. The summed E-state index contributed by atoms with van der Waals surface area (Å²) < 4.78 is 10.7. The van der Waals surface area contributed by atoms with Gasteiger partial charge in [-0.25, -0.2) is 9.59 Å². The van der Waals surface area contributed by atoms with Crippen molar-refractivity contribution in [2.24, 2.45) is 4.99 Å². The van der Waals surface area contributed by atoms with Gasteiger partial charge in [0.15, 0.2) is 0 Å². The van der Waals surface area contributed by atoms with Crippen LogP contribution in [0.25, 0.3) is 0 Å². The summed E-state index contributed by atoms with van der Waals surface area (Å²) in [7, 11) is 0. The van der Waals surface area contributed by atoms with E-state index in [9.17, 15) is 9.59 Å². The third-order valence-electron chi connectivity index (χ3n) is 2.99. The first-order valence-electron chi connectivity index (χ1n) is 8.68. The van der Waals surface area contributed by atoms with Crippen molar-refractivity contribution < 1.29 is 24.2 Å². The first kappa shape index (κ1) is 22.1. The van der Waals surface area contributed by atoms with Crippen LogP contribution >= 0.6 is 0 Å². The predicted octanol–water partition coefficient (Wildman–Crippen LogP) is 3.17. The summed E-state index contributed by atoms with van der Waals surface area (Å²) in [6, 6.07) is 5.20. The molecular formula is C18H28N4O5. The molecule has 1 aromatic rings. The number of aliphatic imine (C=N–C) groups is 1. The fourth-order valence-corrected chi connectivity index (χ4v) is 2.07. The van der Waals surface area contributed by atoms with E-state index in [2.05, 4.69) is 20.9 Å². The van der Waals surface area contributed by atoms with Crippen LogP contribution in [-0.4, -0.2) is 42.0 Å². The average Bonchev–Trinajstić information content (AvgIpc) is 2.53. The van der Waals surface area contributed by atoms with Crippen molar-refractivity contribution >= 4 is 23.8 Å². The van der Waals surface area contributed by atoms with Crippen molar-refractivity contribution in [2.45, 2.75) is 46.8 Å². The van der Waals surface area contributed by atoms with Gasteiger partial charge in [0.25, 0.3) is 0 Å². The van der Waals surface area contributed by atoms with Gasteiger partial charge in [-0.2, -0.15) is 0 Å². The van der Waals surface area contributed by atoms with Crippen LogP contribution < -0.4 is 20.7 Å². The van der Waals surface area contributed by atoms with Crippen LogP contribution in [0.3, 0.4) is 0 Å². The Morgan fingerprint density at radius 1 is 1.22 bits per heavy atom. The van der Waals surface area contributed by atoms with Crippen LogP contribution in [0.1, 0.15) is 40.2 Å². The number of carbonyl (C=O) groups is 2. The van der Waals surface area contributed by atoms with Gasteiger partial charge in [0.2, 0.25) is 5.96 Å². The second-order valence-corrected chi connectivity index (χ2v) is 6.49. The molecule has 9 heteroatoms. The Morgan fingerprint density at radius 2 is 1.93 bits per heavy atom. The molecule has 0 aliphatic heterocycles. The maximum Gasteiger partial charge on any atom is 0.414 e. The number of carboxylic acid groups (broad SMARTS) is 1. The number of benzene rings is 1. The maximum absolute atomic E-state index is 12.0. The number of carbonyl (C=O) groups excluding carboxylic acids is 1. The molecule has 9 nitrogen and oxygen atoms in total. The SMILES string of the molecule is CCN=C(NC(=O)OC(C)(C)C)Nc1ccc(OCC)c(CNC(=O)O)c1. The van der Waals surface area contributed by atoms with Gasteiger partial charge in [0.1, 0.15) is 11.4 Å². The van der Waals surface area contributed by atoms with Crippen molar-refractivity contribution in [3.05, 3.63) is 23.8 Å². The van der Waals surface area contributed by atoms with Crippen molar-refractivity contribution in [3.8, 4) is 5.75 Å². The molecule has 1 aromatic carbocycles. The Balaban J connectivity index is 2.94. The molecule has 0 aromatic heterocycles. The standard InChI is InChI=1S/C18H28N4O5/c1-6-19-15(22-17(25)27-18(3,4)5)21-13-8-9-14(26-7-2)12(10-13)11-20-16(23)24/h8-10,20H,6-7,11H2,1-5H3,(H,23,24)(H2,19,21,22,25). The van der Waals surface area contributed by atoms with E-state index in [1.807, 2.05) is 13.8 Å². The molecule has 0 aliphatic rings. The summed E-state index contributed by atoms with van der Waals surface area (Å²) in [6.45, 7) is 9.97. The average molecular weight is 380 g/mol. The number of hydrogen-bond acceptors (Lipinski definition) is 5. The van der Waals surface area contributed by atoms with E-state index in [0.29, 0.717) is 30.2 Å². The van der Waals surface area contributed by atoms with Gasteiger partial charge in [0.05, 0.1) is 6.61 Å². The maximum atomic E-state index is 12.0. The highest BCUT2D eigenvalue weighted by atomic mass is 16.6. The van der Waals surface area contributed by atoms with Crippen LogP contribution in [0.15, 0.2) is 23.2 Å². The minimum absolute atomic E-state index is 0.0833. The van der Waals surface area contributed by atoms with E-state index in [0.717, 1.165) is 0 Å². The lowest BCUT2D eigenvalue weighted by molar-refractivity contribution is 0.0563. The third kappa shape index (κ3) is 8.80. The van der Waals surface area contributed by atoms with Crippen molar-refractivity contribution in [2.75, 3.05) is 18.5 Å². The molecule has 0 saturated heterocycles. The molecule has 2 amide bonds. The van der Waals surface area contributed by atoms with Gasteiger partial charge in [-0.1, -0.05) is 0 Å². The molecule has 27 heavy (non-hydrogen) atoms. The quantitative estimate of drug-likeness (QED) is 0.444. The topological polar surface area (TPSA) is 121 Å². The molecule has 0 radical (unpaired) electrons. The second kappa shape index (κ2) is 10.2. The van der Waals surface area contributed by atoms with Crippen molar-refractivity contribution in [1.82, 2.24) is 10.6 Å². The van der Waals surface area contributed by atoms with E-state index in [1.165, 1.54) is 0 Å². The smallest absolute Gasteiger partial charge is 0.414 e. The van der Waals surface area contributed by atoms with E-state index >= 15 is 0 Å². The fraction of sp³-hybridized carbons (Fsp3) is 0.500. The third-order valence-corrected chi connectivity index (χ3v) is 2.99. The van der Waals surface area contributed by atoms with Crippen molar-refractivity contribution in [3.63, 3.8) is 0 Å². The molecule has 0 aliphatic carbocycles. The number of guanidine groups is 1. The summed E-state index contributed by atoms with van der Waals surface area (Å²) in [5.41, 5.74) is 0.636. The number of amides is 2. The molecule has 0 bridgehead atoms. The number of alkyl carbamates (subject to hydrolysis) is 1. The molecule has 150 valence electrons. The molecule has 4 N–H and O–H groups in total. The van der Waals surface area contributed by atoms with Crippen LogP contribution in [0, 0.1) is 0 Å². The Kier molecular flexibility index (Phi) is 8.37. The number of ether oxygens (including phenoxy) is 2. The van der Waals surface area contributed by atoms with Crippen LogP contribution in [0.2, 0.25) is 0 Å². The Labute approximate surface area is 159 Å². The molecule has 0 heterocycles.